The summed E-state index contributed by atoms with van der Waals surface area (Å²) in [4.78, 5) is 22.8. The fraction of sp³-hybridized carbons (Fsp3) is 0.615. The van der Waals surface area contributed by atoms with Gasteiger partial charge in [-0.25, -0.2) is 4.98 Å². The Labute approximate surface area is 127 Å². The molecule has 20 heavy (non-hydrogen) atoms. The van der Waals surface area contributed by atoms with Crippen molar-refractivity contribution in [2.24, 2.45) is 0 Å². The van der Waals surface area contributed by atoms with E-state index >= 15 is 0 Å². The third-order valence-corrected chi connectivity index (χ3v) is 3.93. The van der Waals surface area contributed by atoms with Crippen molar-refractivity contribution in [3.63, 3.8) is 0 Å². The van der Waals surface area contributed by atoms with Gasteiger partial charge in [0.15, 0.2) is 0 Å². The average Bonchev–Trinajstić information content (AvgIpc) is 2.41. The van der Waals surface area contributed by atoms with Crippen LogP contribution in [0.1, 0.15) is 27.2 Å². The van der Waals surface area contributed by atoms with Crippen LogP contribution in [0.25, 0.3) is 0 Å². The molecule has 1 amide bonds. The maximum absolute atomic E-state index is 12.0. The molecule has 2 rings (SSSR count). The number of amides is 1. The van der Waals surface area contributed by atoms with Gasteiger partial charge in [0, 0.05) is 25.8 Å². The molecule has 1 saturated heterocycles. The van der Waals surface area contributed by atoms with Crippen molar-refractivity contribution in [3.05, 3.63) is 10.7 Å². The quantitative estimate of drug-likeness (QED) is 0.873. The number of nitrogens with one attached hydrogen (secondary N) is 2. The fourth-order valence-electron chi connectivity index (χ4n) is 2.14. The highest BCUT2D eigenvalue weighted by Crippen LogP contribution is 2.31. The summed E-state index contributed by atoms with van der Waals surface area (Å²) in [6, 6.07) is 0. The molecule has 1 aromatic heterocycles. The predicted molar refractivity (Wildman–Crippen MR) is 82.9 cm³/mol. The lowest BCUT2D eigenvalue weighted by molar-refractivity contribution is -0.126. The van der Waals surface area contributed by atoms with Crippen LogP contribution in [0, 0.1) is 0 Å². The third-order valence-electron chi connectivity index (χ3n) is 3.37. The average molecular weight is 342 g/mol. The zero-order chi connectivity index (χ0) is 14.8. The van der Waals surface area contributed by atoms with Gasteiger partial charge < -0.3 is 15.5 Å². The molecule has 7 heteroatoms. The molecule has 0 spiro atoms. The highest BCUT2D eigenvalue weighted by Gasteiger charge is 2.39. The topological polar surface area (TPSA) is 70.2 Å². The smallest absolute Gasteiger partial charge is 0.245 e. The molecule has 0 aromatic carbocycles. The fourth-order valence-corrected chi connectivity index (χ4v) is 2.54. The molecule has 0 saturated carbocycles. The summed E-state index contributed by atoms with van der Waals surface area (Å²) in [7, 11) is 0. The van der Waals surface area contributed by atoms with Crippen LogP contribution in [0.5, 0.6) is 0 Å². The molecule has 110 valence electrons. The molecule has 0 bridgehead atoms. The van der Waals surface area contributed by atoms with E-state index in [4.69, 9.17) is 0 Å². The zero-order valence-corrected chi connectivity index (χ0v) is 13.6. The van der Waals surface area contributed by atoms with Gasteiger partial charge >= 0.3 is 0 Å². The predicted octanol–water partition coefficient (Wildman–Crippen LogP) is 1.78. The lowest BCUT2D eigenvalue weighted by Gasteiger charge is -2.42. The first-order chi connectivity index (χ1) is 9.46. The minimum atomic E-state index is -0.628. The Kier molecular flexibility index (Phi) is 4.47. The van der Waals surface area contributed by atoms with Crippen LogP contribution in [0.3, 0.4) is 0 Å². The van der Waals surface area contributed by atoms with Crippen LogP contribution in [0.2, 0.25) is 0 Å². The minimum Gasteiger partial charge on any atom is -0.354 e. The summed E-state index contributed by atoms with van der Waals surface area (Å²) in [6.07, 6.45) is 2.73. The van der Waals surface area contributed by atoms with Crippen LogP contribution in [-0.4, -0.2) is 41.0 Å². The Hall–Kier alpha value is -1.37. The maximum atomic E-state index is 12.0. The molecule has 1 fully saturated rings. The summed E-state index contributed by atoms with van der Waals surface area (Å²) in [5.74, 6) is 1.35. The molecule has 0 unspecified atom stereocenters. The Morgan fingerprint density at radius 3 is 3.00 bits per heavy atom. The first-order valence-electron chi connectivity index (χ1n) is 6.79. The second-order valence-corrected chi connectivity index (χ2v) is 6.11. The van der Waals surface area contributed by atoms with Gasteiger partial charge in [-0.15, -0.1) is 0 Å². The first kappa shape index (κ1) is 15.0. The SMILES string of the molecule is CCCNc1ncc(Br)c(N2CCNC(=O)C2(C)C)n1. The van der Waals surface area contributed by atoms with Gasteiger partial charge in [0.1, 0.15) is 11.4 Å². The number of aromatic nitrogens is 2. The number of hydrogen-bond donors (Lipinski definition) is 2. The highest BCUT2D eigenvalue weighted by molar-refractivity contribution is 9.10. The van der Waals surface area contributed by atoms with Crippen LogP contribution >= 0.6 is 15.9 Å². The summed E-state index contributed by atoms with van der Waals surface area (Å²) in [5, 5.41) is 6.05. The summed E-state index contributed by atoms with van der Waals surface area (Å²) >= 11 is 3.48. The second kappa shape index (κ2) is 5.95. The molecule has 0 atom stereocenters. The van der Waals surface area contributed by atoms with Gasteiger partial charge in [0.25, 0.3) is 0 Å². The van der Waals surface area contributed by atoms with Crippen LogP contribution in [-0.2, 0) is 4.79 Å². The van der Waals surface area contributed by atoms with E-state index in [9.17, 15) is 4.79 Å². The van der Waals surface area contributed by atoms with Crippen molar-refractivity contribution >= 4 is 33.6 Å². The molecule has 2 heterocycles. The number of rotatable bonds is 4. The lowest BCUT2D eigenvalue weighted by atomic mass is 9.99. The Morgan fingerprint density at radius 1 is 1.55 bits per heavy atom. The van der Waals surface area contributed by atoms with E-state index in [0.717, 1.165) is 29.8 Å². The van der Waals surface area contributed by atoms with Crippen molar-refractivity contribution in [1.82, 2.24) is 15.3 Å². The van der Waals surface area contributed by atoms with E-state index in [0.29, 0.717) is 12.5 Å². The molecule has 0 radical (unpaired) electrons. The van der Waals surface area contributed by atoms with E-state index in [2.05, 4.69) is 43.5 Å². The Balaban J connectivity index is 2.32. The molecular formula is C13H20BrN5O. The normalized spacial score (nSPS) is 17.8. The van der Waals surface area contributed by atoms with Crippen LogP contribution < -0.4 is 15.5 Å². The molecule has 1 aliphatic rings. The van der Waals surface area contributed by atoms with Crippen molar-refractivity contribution in [2.45, 2.75) is 32.7 Å². The number of piperazine rings is 1. The lowest BCUT2D eigenvalue weighted by Crippen LogP contribution is -2.62. The van der Waals surface area contributed by atoms with E-state index < -0.39 is 5.54 Å². The van der Waals surface area contributed by atoms with Gasteiger partial charge in [0.05, 0.1) is 4.47 Å². The maximum Gasteiger partial charge on any atom is 0.245 e. The van der Waals surface area contributed by atoms with E-state index in [1.54, 1.807) is 6.20 Å². The molecule has 6 nitrogen and oxygen atoms in total. The number of nitrogens with zero attached hydrogens (tertiary/aromatic N) is 3. The standard InChI is InChI=1S/C13H20BrN5O/c1-4-5-16-12-17-8-9(14)10(18-12)19-7-6-15-11(20)13(19,2)3/h8H,4-7H2,1-3H3,(H,15,20)(H,16,17,18). The van der Waals surface area contributed by atoms with Crippen molar-refractivity contribution in [3.8, 4) is 0 Å². The largest absolute Gasteiger partial charge is 0.354 e. The van der Waals surface area contributed by atoms with E-state index in [1.165, 1.54) is 0 Å². The van der Waals surface area contributed by atoms with E-state index in [-0.39, 0.29) is 5.91 Å². The summed E-state index contributed by atoms with van der Waals surface area (Å²) in [6.45, 7) is 8.05. The number of carbonyl (C=O) groups is 1. The van der Waals surface area contributed by atoms with Crippen molar-refractivity contribution in [2.75, 3.05) is 29.9 Å². The van der Waals surface area contributed by atoms with Gasteiger partial charge in [-0.1, -0.05) is 6.92 Å². The van der Waals surface area contributed by atoms with Crippen molar-refractivity contribution < 1.29 is 4.79 Å². The highest BCUT2D eigenvalue weighted by atomic mass is 79.9. The summed E-state index contributed by atoms with van der Waals surface area (Å²) in [5.41, 5.74) is -0.628. The van der Waals surface area contributed by atoms with E-state index in [1.807, 2.05) is 18.7 Å². The van der Waals surface area contributed by atoms with Gasteiger partial charge in [-0.05, 0) is 36.2 Å². The van der Waals surface area contributed by atoms with Crippen molar-refractivity contribution in [1.29, 1.82) is 0 Å². The Bertz CT molecular complexity index is 506. The van der Waals surface area contributed by atoms with Crippen LogP contribution in [0.4, 0.5) is 11.8 Å². The zero-order valence-electron chi connectivity index (χ0n) is 12.0. The Morgan fingerprint density at radius 2 is 2.30 bits per heavy atom. The molecule has 2 N–H and O–H groups in total. The first-order valence-corrected chi connectivity index (χ1v) is 7.58. The number of carbonyl (C=O) groups excluding carboxylic acids is 1. The van der Waals surface area contributed by atoms with Gasteiger partial charge in [-0.3, -0.25) is 4.79 Å². The molecule has 1 aliphatic heterocycles. The molecule has 1 aromatic rings. The molecule has 0 aliphatic carbocycles. The monoisotopic (exact) mass is 341 g/mol. The summed E-state index contributed by atoms with van der Waals surface area (Å²) < 4.78 is 0.794. The number of anilines is 2. The number of hydrogen-bond acceptors (Lipinski definition) is 5. The molecular weight excluding hydrogens is 322 g/mol. The minimum absolute atomic E-state index is 0.0114. The van der Waals surface area contributed by atoms with Crippen LogP contribution in [0.15, 0.2) is 10.7 Å². The third kappa shape index (κ3) is 2.87. The second-order valence-electron chi connectivity index (χ2n) is 5.26. The van der Waals surface area contributed by atoms with Gasteiger partial charge in [-0.2, -0.15) is 4.98 Å². The number of halogens is 1. The van der Waals surface area contributed by atoms with Gasteiger partial charge in [0.2, 0.25) is 11.9 Å².